The minimum atomic E-state index is -0.424. The molecule has 1 fully saturated rings. The van der Waals surface area contributed by atoms with Crippen molar-refractivity contribution in [2.45, 2.75) is 0 Å². The number of hydrogen-bond donors (Lipinski definition) is 1. The van der Waals surface area contributed by atoms with Crippen molar-refractivity contribution in [1.82, 2.24) is 4.90 Å². The van der Waals surface area contributed by atoms with Gasteiger partial charge in [0.05, 0.1) is 11.5 Å². The molecule has 2 aliphatic rings. The molecule has 9 nitrogen and oxygen atoms in total. The molecule has 0 unspecified atom stereocenters. The number of fused-ring (bicyclic) bond motifs is 1. The summed E-state index contributed by atoms with van der Waals surface area (Å²) in [6.07, 6.45) is 0. The Hall–Kier alpha value is -3.04. The predicted octanol–water partition coefficient (Wildman–Crippen LogP) is 2.74. The smallest absolute Gasteiger partial charge is 0.294 e. The van der Waals surface area contributed by atoms with E-state index >= 15 is 0 Å². The Morgan fingerprint density at radius 2 is 1.86 bits per heavy atom. The number of rotatable bonds is 5. The van der Waals surface area contributed by atoms with E-state index in [2.05, 4.69) is 5.32 Å². The number of carbonyl (C=O) groups excluding carboxylic acids is 1. The number of benzene rings is 2. The lowest BCUT2D eigenvalue weighted by atomic mass is 10.2. The van der Waals surface area contributed by atoms with Crippen molar-refractivity contribution in [2.24, 2.45) is 0 Å². The van der Waals surface area contributed by atoms with Crippen LogP contribution in [0, 0.1) is 10.1 Å². The van der Waals surface area contributed by atoms with Gasteiger partial charge in [0.2, 0.25) is 12.7 Å². The summed E-state index contributed by atoms with van der Waals surface area (Å²) in [5, 5.41) is 14.5. The van der Waals surface area contributed by atoms with Crippen molar-refractivity contribution in [3.05, 3.63) is 51.5 Å². The van der Waals surface area contributed by atoms with Crippen molar-refractivity contribution in [3.63, 3.8) is 0 Å². The fourth-order valence-electron chi connectivity index (χ4n) is 3.44. The standard InChI is InChI=1S/C19H19ClN4O5/c20-13-1-3-15(16(9-13)24(26)27)23-7-5-22(6-8-23)11-19(25)21-14-2-4-17-18(10-14)29-12-28-17/h1-4,9-10H,5-8,11-12H2,(H,21,25). The molecule has 0 radical (unpaired) electrons. The summed E-state index contributed by atoms with van der Waals surface area (Å²) in [6.45, 7) is 2.83. The molecule has 1 saturated heterocycles. The van der Waals surface area contributed by atoms with Gasteiger partial charge in [-0.3, -0.25) is 19.8 Å². The molecular formula is C19H19ClN4O5. The van der Waals surface area contributed by atoms with Crippen LogP contribution in [-0.2, 0) is 4.79 Å². The maximum Gasteiger partial charge on any atom is 0.294 e. The highest BCUT2D eigenvalue weighted by Gasteiger charge is 2.25. The number of nitro benzene ring substituents is 1. The lowest BCUT2D eigenvalue weighted by Gasteiger charge is -2.35. The molecule has 0 spiro atoms. The molecule has 2 aliphatic heterocycles. The lowest BCUT2D eigenvalue weighted by Crippen LogP contribution is -2.48. The normalized spacial score (nSPS) is 16.0. The summed E-state index contributed by atoms with van der Waals surface area (Å²) in [5.74, 6) is 1.14. The first-order valence-corrected chi connectivity index (χ1v) is 9.48. The van der Waals surface area contributed by atoms with Gasteiger partial charge >= 0.3 is 0 Å². The molecule has 2 aromatic rings. The molecule has 0 atom stereocenters. The third-order valence-electron chi connectivity index (χ3n) is 4.87. The molecule has 0 aromatic heterocycles. The topological polar surface area (TPSA) is 97.2 Å². The summed E-state index contributed by atoms with van der Waals surface area (Å²) >= 11 is 5.89. The van der Waals surface area contributed by atoms with Gasteiger partial charge in [-0.15, -0.1) is 0 Å². The SMILES string of the molecule is O=C(CN1CCN(c2ccc(Cl)cc2[N+](=O)[O-])CC1)Nc1ccc2c(c1)OCO2. The summed E-state index contributed by atoms with van der Waals surface area (Å²) in [6, 6.07) is 9.94. The number of nitrogens with one attached hydrogen (secondary N) is 1. The molecule has 2 aromatic carbocycles. The first kappa shape index (κ1) is 19.3. The Morgan fingerprint density at radius 1 is 1.10 bits per heavy atom. The van der Waals surface area contributed by atoms with Gasteiger partial charge in [-0.05, 0) is 24.3 Å². The second kappa shape index (κ2) is 8.14. The first-order valence-electron chi connectivity index (χ1n) is 9.10. The van der Waals surface area contributed by atoms with Gasteiger partial charge < -0.3 is 19.7 Å². The zero-order valence-corrected chi connectivity index (χ0v) is 16.2. The fraction of sp³-hybridized carbons (Fsp3) is 0.316. The van der Waals surface area contributed by atoms with E-state index in [1.807, 2.05) is 9.80 Å². The molecule has 0 aliphatic carbocycles. The minimum absolute atomic E-state index is 0.00787. The van der Waals surface area contributed by atoms with E-state index < -0.39 is 4.92 Å². The van der Waals surface area contributed by atoms with Crippen molar-refractivity contribution < 1.29 is 19.2 Å². The number of nitrogens with zero attached hydrogens (tertiary/aromatic N) is 3. The molecule has 10 heteroatoms. The highest BCUT2D eigenvalue weighted by molar-refractivity contribution is 6.30. The Labute approximate surface area is 171 Å². The van der Waals surface area contributed by atoms with Crippen molar-refractivity contribution in [3.8, 4) is 11.5 Å². The number of amides is 1. The first-order chi connectivity index (χ1) is 14.0. The minimum Gasteiger partial charge on any atom is -0.454 e. The van der Waals surface area contributed by atoms with E-state index in [1.165, 1.54) is 6.07 Å². The Balaban J connectivity index is 1.32. The van der Waals surface area contributed by atoms with Crippen LogP contribution in [0.4, 0.5) is 17.1 Å². The van der Waals surface area contributed by atoms with Crippen molar-refractivity contribution in [2.75, 3.05) is 49.7 Å². The second-order valence-corrected chi connectivity index (χ2v) is 7.21. The van der Waals surface area contributed by atoms with E-state index in [0.717, 1.165) is 0 Å². The molecule has 4 rings (SSSR count). The Bertz CT molecular complexity index is 946. The number of anilines is 2. The molecule has 0 bridgehead atoms. The highest BCUT2D eigenvalue weighted by atomic mass is 35.5. The zero-order valence-electron chi connectivity index (χ0n) is 15.5. The lowest BCUT2D eigenvalue weighted by molar-refractivity contribution is -0.384. The third-order valence-corrected chi connectivity index (χ3v) is 5.11. The van der Waals surface area contributed by atoms with Gasteiger partial charge in [0, 0.05) is 49.0 Å². The van der Waals surface area contributed by atoms with E-state index in [9.17, 15) is 14.9 Å². The fourth-order valence-corrected chi connectivity index (χ4v) is 3.60. The number of ether oxygens (including phenoxy) is 2. The van der Waals surface area contributed by atoms with Gasteiger partial charge in [-0.2, -0.15) is 0 Å². The van der Waals surface area contributed by atoms with Gasteiger partial charge in [0.25, 0.3) is 5.69 Å². The Morgan fingerprint density at radius 3 is 2.62 bits per heavy atom. The van der Waals surface area contributed by atoms with Gasteiger partial charge in [0.1, 0.15) is 5.69 Å². The van der Waals surface area contributed by atoms with Crippen LogP contribution < -0.4 is 19.7 Å². The van der Waals surface area contributed by atoms with E-state index in [4.69, 9.17) is 21.1 Å². The summed E-state index contributed by atoms with van der Waals surface area (Å²) in [5.41, 5.74) is 1.19. The van der Waals surface area contributed by atoms with E-state index in [1.54, 1.807) is 30.3 Å². The third kappa shape index (κ3) is 4.36. The molecule has 29 heavy (non-hydrogen) atoms. The number of hydrogen-bond acceptors (Lipinski definition) is 7. The van der Waals surface area contributed by atoms with Crippen LogP contribution in [-0.4, -0.2) is 55.2 Å². The van der Waals surface area contributed by atoms with Gasteiger partial charge in [0.15, 0.2) is 11.5 Å². The second-order valence-electron chi connectivity index (χ2n) is 6.77. The maximum absolute atomic E-state index is 12.4. The van der Waals surface area contributed by atoms with Crippen LogP contribution in [0.2, 0.25) is 5.02 Å². The van der Waals surface area contributed by atoms with Crippen LogP contribution >= 0.6 is 11.6 Å². The van der Waals surface area contributed by atoms with Crippen LogP contribution in [0.5, 0.6) is 11.5 Å². The summed E-state index contributed by atoms with van der Waals surface area (Å²) in [7, 11) is 0. The molecule has 152 valence electrons. The van der Waals surface area contributed by atoms with Crippen LogP contribution in [0.1, 0.15) is 0 Å². The average molecular weight is 419 g/mol. The molecule has 1 amide bonds. The zero-order chi connectivity index (χ0) is 20.4. The quantitative estimate of drug-likeness (QED) is 0.589. The molecular weight excluding hydrogens is 400 g/mol. The Kier molecular flexibility index (Phi) is 5.41. The van der Waals surface area contributed by atoms with Gasteiger partial charge in [-0.25, -0.2) is 0 Å². The molecule has 2 heterocycles. The molecule has 1 N–H and O–H groups in total. The van der Waals surface area contributed by atoms with Crippen molar-refractivity contribution >= 4 is 34.6 Å². The van der Waals surface area contributed by atoms with Crippen LogP contribution in [0.15, 0.2) is 36.4 Å². The van der Waals surface area contributed by atoms with E-state index in [0.29, 0.717) is 54.1 Å². The molecule has 0 saturated carbocycles. The van der Waals surface area contributed by atoms with Crippen LogP contribution in [0.3, 0.4) is 0 Å². The predicted molar refractivity (Wildman–Crippen MR) is 108 cm³/mol. The van der Waals surface area contributed by atoms with Gasteiger partial charge in [-0.1, -0.05) is 11.6 Å². The number of halogens is 1. The largest absolute Gasteiger partial charge is 0.454 e. The monoisotopic (exact) mass is 418 g/mol. The van der Waals surface area contributed by atoms with Crippen molar-refractivity contribution in [1.29, 1.82) is 0 Å². The summed E-state index contributed by atoms with van der Waals surface area (Å²) < 4.78 is 10.6. The maximum atomic E-state index is 12.4. The van der Waals surface area contributed by atoms with Crippen LogP contribution in [0.25, 0.3) is 0 Å². The number of piperazine rings is 1. The number of nitro groups is 1. The average Bonchev–Trinajstić information content (AvgIpc) is 3.16. The highest BCUT2D eigenvalue weighted by Crippen LogP contribution is 2.34. The number of carbonyl (C=O) groups is 1. The summed E-state index contributed by atoms with van der Waals surface area (Å²) in [4.78, 5) is 27.2. The van der Waals surface area contributed by atoms with E-state index in [-0.39, 0.29) is 24.9 Å².